The van der Waals surface area contributed by atoms with Gasteiger partial charge in [-0.3, -0.25) is 4.79 Å². The van der Waals surface area contributed by atoms with Crippen LogP contribution in [0.2, 0.25) is 0 Å². The zero-order valence-corrected chi connectivity index (χ0v) is 21.9. The van der Waals surface area contributed by atoms with Crippen molar-refractivity contribution in [2.45, 2.75) is 79.2 Å². The fourth-order valence-electron chi connectivity index (χ4n) is 5.19. The first-order valence-corrected chi connectivity index (χ1v) is 12.5. The summed E-state index contributed by atoms with van der Waals surface area (Å²) in [6.45, 7) is 5.35. The summed E-state index contributed by atoms with van der Waals surface area (Å²) in [5.74, 6) is -0.706. The Morgan fingerprint density at radius 3 is 2.57 bits per heavy atom. The number of hydrogen-bond acceptors (Lipinski definition) is 5. The van der Waals surface area contributed by atoms with Crippen molar-refractivity contribution in [2.75, 3.05) is 0 Å². The fraction of sp³-hybridized carbons (Fsp3) is 0.542. The molecule has 190 valence electrons. The molecule has 2 aliphatic heterocycles. The summed E-state index contributed by atoms with van der Waals surface area (Å²) in [4.78, 5) is 39.6. The topological polar surface area (TPSA) is 97.0 Å². The lowest BCUT2D eigenvalue weighted by molar-refractivity contribution is -0.138. The minimum Gasteiger partial charge on any atom is -0.444 e. The number of nitrogens with zero attached hydrogens (tertiary/aromatic N) is 1. The number of benzene rings is 1. The van der Waals surface area contributed by atoms with Crippen LogP contribution in [-0.4, -0.2) is 56.1 Å². The molecule has 11 heteroatoms. The van der Waals surface area contributed by atoms with Gasteiger partial charge in [-0.2, -0.15) is 0 Å². The standard InChI is InChI=1S/C24H28Cl3N3O5/c1-22(2,3)35-21(33)29-17(14-7-5-4-6-8-14)13-15-9-11-23(30(15)19(31)24(25,26)27)12-10-16-18(23)34-20(32)28-16/h4-8,10,12,15-18H,9,11,13H2,1-3H3,(H,28,32)(H,29,33)/t15-,16+,17?,18+,23-/m1/s1. The molecule has 3 aliphatic rings. The summed E-state index contributed by atoms with van der Waals surface area (Å²) >= 11 is 18.2. The van der Waals surface area contributed by atoms with E-state index in [9.17, 15) is 14.4 Å². The maximum absolute atomic E-state index is 13.5. The van der Waals surface area contributed by atoms with Crippen LogP contribution in [0, 0.1) is 0 Å². The summed E-state index contributed by atoms with van der Waals surface area (Å²) in [6, 6.07) is 8.12. The summed E-state index contributed by atoms with van der Waals surface area (Å²) in [5.41, 5.74) is -0.791. The van der Waals surface area contributed by atoms with Crippen LogP contribution in [0.25, 0.3) is 0 Å². The van der Waals surface area contributed by atoms with Crippen molar-refractivity contribution in [3.05, 3.63) is 48.0 Å². The first-order valence-electron chi connectivity index (χ1n) is 11.4. The number of carbonyl (C=O) groups excluding carboxylic acids is 3. The number of hydrogen-bond donors (Lipinski definition) is 2. The van der Waals surface area contributed by atoms with E-state index in [0.29, 0.717) is 19.3 Å². The lowest BCUT2D eigenvalue weighted by Crippen LogP contribution is -2.59. The maximum atomic E-state index is 13.5. The smallest absolute Gasteiger partial charge is 0.408 e. The molecule has 0 saturated carbocycles. The van der Waals surface area contributed by atoms with E-state index in [-0.39, 0.29) is 6.04 Å². The minimum absolute atomic E-state index is 0.337. The average Bonchev–Trinajstić information content (AvgIpc) is 3.40. The van der Waals surface area contributed by atoms with Gasteiger partial charge in [0, 0.05) is 6.04 Å². The van der Waals surface area contributed by atoms with E-state index < -0.39 is 51.2 Å². The molecule has 2 saturated heterocycles. The van der Waals surface area contributed by atoms with E-state index in [1.54, 1.807) is 20.8 Å². The highest BCUT2D eigenvalue weighted by Crippen LogP contribution is 2.49. The normalized spacial score (nSPS) is 28.5. The molecule has 3 amide bonds. The van der Waals surface area contributed by atoms with E-state index in [1.807, 2.05) is 42.5 Å². The van der Waals surface area contributed by atoms with Crippen LogP contribution < -0.4 is 10.6 Å². The van der Waals surface area contributed by atoms with Gasteiger partial charge < -0.3 is 25.0 Å². The van der Waals surface area contributed by atoms with Crippen LogP contribution in [0.15, 0.2) is 42.5 Å². The Kier molecular flexibility index (Phi) is 6.94. The van der Waals surface area contributed by atoms with Crippen LogP contribution in [0.5, 0.6) is 0 Å². The van der Waals surface area contributed by atoms with Crippen LogP contribution in [0.4, 0.5) is 9.59 Å². The maximum Gasteiger partial charge on any atom is 0.408 e. The number of alkyl carbamates (subject to hydrolysis) is 2. The number of amides is 3. The lowest BCUT2D eigenvalue weighted by atomic mass is 9.91. The van der Waals surface area contributed by atoms with Crippen molar-refractivity contribution in [3.63, 3.8) is 0 Å². The molecular formula is C24H28Cl3N3O5. The van der Waals surface area contributed by atoms with E-state index in [4.69, 9.17) is 44.3 Å². The van der Waals surface area contributed by atoms with Crippen LogP contribution in [-0.2, 0) is 14.3 Å². The van der Waals surface area contributed by atoms with Gasteiger partial charge in [0.2, 0.25) is 0 Å². The highest BCUT2D eigenvalue weighted by molar-refractivity contribution is 6.76. The molecule has 35 heavy (non-hydrogen) atoms. The Morgan fingerprint density at radius 2 is 1.94 bits per heavy atom. The molecule has 0 aromatic heterocycles. The van der Waals surface area contributed by atoms with Crippen molar-refractivity contribution >= 4 is 52.9 Å². The van der Waals surface area contributed by atoms with Crippen molar-refractivity contribution < 1.29 is 23.9 Å². The molecule has 2 fully saturated rings. The molecule has 5 atom stereocenters. The Labute approximate surface area is 219 Å². The SMILES string of the molecule is CC(C)(C)OC(=O)NC(C[C@H]1CC[C@]2(C=C[C@@H]3NC(=O)O[C@@H]32)N1C(=O)C(Cl)(Cl)Cl)c1ccccc1. The first kappa shape index (κ1) is 25.9. The Hall–Kier alpha value is -2.16. The number of carbonyl (C=O) groups is 3. The number of fused-ring (bicyclic) bond motifs is 2. The second kappa shape index (κ2) is 9.37. The van der Waals surface area contributed by atoms with Gasteiger partial charge in [0.15, 0.2) is 6.10 Å². The van der Waals surface area contributed by atoms with Gasteiger partial charge in [-0.15, -0.1) is 0 Å². The third kappa shape index (κ3) is 5.34. The third-order valence-corrected chi connectivity index (χ3v) is 6.97. The molecule has 1 aliphatic carbocycles. The summed E-state index contributed by atoms with van der Waals surface area (Å²) in [6.07, 6.45) is 3.30. The number of alkyl halides is 3. The molecule has 1 aromatic carbocycles. The van der Waals surface area contributed by atoms with Crippen LogP contribution in [0.3, 0.4) is 0 Å². The number of ether oxygens (including phenoxy) is 2. The van der Waals surface area contributed by atoms with Gasteiger partial charge in [0.05, 0.1) is 12.1 Å². The quantitative estimate of drug-likeness (QED) is 0.420. The summed E-state index contributed by atoms with van der Waals surface area (Å²) < 4.78 is 8.81. The van der Waals surface area contributed by atoms with Crippen molar-refractivity contribution in [1.29, 1.82) is 0 Å². The van der Waals surface area contributed by atoms with E-state index in [2.05, 4.69) is 10.6 Å². The molecule has 2 N–H and O–H groups in total. The van der Waals surface area contributed by atoms with E-state index in [0.717, 1.165) is 5.56 Å². The predicted octanol–water partition coefficient (Wildman–Crippen LogP) is 4.79. The molecule has 1 unspecified atom stereocenters. The fourth-order valence-corrected chi connectivity index (χ4v) is 5.47. The molecule has 1 aromatic rings. The molecule has 2 heterocycles. The lowest BCUT2D eigenvalue weighted by Gasteiger charge is -2.42. The van der Waals surface area contributed by atoms with E-state index in [1.165, 1.54) is 4.90 Å². The zero-order chi connectivity index (χ0) is 25.6. The molecular weight excluding hydrogens is 517 g/mol. The zero-order valence-electron chi connectivity index (χ0n) is 19.6. The van der Waals surface area contributed by atoms with Crippen molar-refractivity contribution in [2.24, 2.45) is 0 Å². The molecule has 1 spiro atoms. The van der Waals surface area contributed by atoms with Crippen molar-refractivity contribution in [3.8, 4) is 0 Å². The molecule has 8 nitrogen and oxygen atoms in total. The summed E-state index contributed by atoms with van der Waals surface area (Å²) in [7, 11) is 0. The number of halogens is 3. The summed E-state index contributed by atoms with van der Waals surface area (Å²) in [5, 5.41) is 5.67. The van der Waals surface area contributed by atoms with Gasteiger partial charge in [-0.05, 0) is 45.6 Å². The largest absolute Gasteiger partial charge is 0.444 e. The molecule has 0 bridgehead atoms. The molecule has 0 radical (unpaired) electrons. The Balaban J connectivity index is 1.65. The minimum atomic E-state index is -2.21. The Bertz CT molecular complexity index is 1020. The second-order valence-corrected chi connectivity index (χ2v) is 12.3. The first-order chi connectivity index (χ1) is 16.3. The average molecular weight is 545 g/mol. The number of nitrogens with one attached hydrogen (secondary N) is 2. The second-order valence-electron chi connectivity index (χ2n) is 10.1. The van der Waals surface area contributed by atoms with Gasteiger partial charge in [0.1, 0.15) is 11.1 Å². The number of rotatable bonds is 4. The van der Waals surface area contributed by atoms with Gasteiger partial charge in [0.25, 0.3) is 9.70 Å². The Morgan fingerprint density at radius 1 is 1.26 bits per heavy atom. The van der Waals surface area contributed by atoms with Crippen molar-refractivity contribution in [1.82, 2.24) is 15.5 Å². The third-order valence-electron chi connectivity index (χ3n) is 6.48. The highest BCUT2D eigenvalue weighted by atomic mass is 35.6. The van der Waals surface area contributed by atoms with Gasteiger partial charge >= 0.3 is 12.2 Å². The molecule has 4 rings (SSSR count). The van der Waals surface area contributed by atoms with Gasteiger partial charge in [-0.25, -0.2) is 9.59 Å². The van der Waals surface area contributed by atoms with Gasteiger partial charge in [-0.1, -0.05) is 77.3 Å². The van der Waals surface area contributed by atoms with Crippen LogP contribution >= 0.6 is 34.8 Å². The predicted molar refractivity (Wildman–Crippen MR) is 132 cm³/mol. The number of likely N-dealkylation sites (tertiary alicyclic amines) is 1. The monoisotopic (exact) mass is 543 g/mol. The highest BCUT2D eigenvalue weighted by Gasteiger charge is 2.62. The van der Waals surface area contributed by atoms with E-state index >= 15 is 0 Å². The van der Waals surface area contributed by atoms with Crippen LogP contribution in [0.1, 0.15) is 51.6 Å².